The monoisotopic (exact) mass is 295 g/mol. The molecule has 0 bridgehead atoms. The van der Waals surface area contributed by atoms with E-state index in [2.05, 4.69) is 9.97 Å². The van der Waals surface area contributed by atoms with Crippen LogP contribution in [0.4, 0.5) is 5.82 Å². The number of rotatable bonds is 3. The molecule has 0 radical (unpaired) electrons. The molecular weight excluding hydrogens is 286 g/mol. The summed E-state index contributed by atoms with van der Waals surface area (Å²) in [6, 6.07) is 4.92. The third-order valence-corrected chi connectivity index (χ3v) is 3.71. The van der Waals surface area contributed by atoms with E-state index in [-0.39, 0.29) is 5.82 Å². The van der Waals surface area contributed by atoms with Crippen LogP contribution in [0.5, 0.6) is 0 Å². The van der Waals surface area contributed by atoms with Gasteiger partial charge >= 0.3 is 5.97 Å². The highest BCUT2D eigenvalue weighted by Gasteiger charge is 2.15. The second-order valence-corrected chi connectivity index (χ2v) is 4.93. The van der Waals surface area contributed by atoms with Gasteiger partial charge in [0.05, 0.1) is 17.7 Å². The summed E-state index contributed by atoms with van der Waals surface area (Å²) in [5, 5.41) is 1.08. The molecule has 19 heavy (non-hydrogen) atoms. The van der Waals surface area contributed by atoms with Crippen LogP contribution in [0.3, 0.4) is 0 Å². The highest BCUT2D eigenvalue weighted by molar-refractivity contribution is 7.99. The molecule has 0 aromatic carbocycles. The number of carbonyl (C=O) groups excluding carboxylic acids is 1. The number of nitrogens with zero attached hydrogens (tertiary/aromatic N) is 2. The molecule has 0 aliphatic heterocycles. The van der Waals surface area contributed by atoms with E-state index in [1.807, 2.05) is 0 Å². The zero-order valence-electron chi connectivity index (χ0n) is 9.96. The third-order valence-electron chi connectivity index (χ3n) is 2.23. The summed E-state index contributed by atoms with van der Waals surface area (Å²) in [7, 11) is 1.31. The van der Waals surface area contributed by atoms with Crippen LogP contribution in [-0.4, -0.2) is 23.0 Å². The molecule has 0 fully saturated rings. The zero-order chi connectivity index (χ0) is 13.8. The molecule has 0 saturated carbocycles. The van der Waals surface area contributed by atoms with E-state index in [0.717, 1.165) is 0 Å². The lowest BCUT2D eigenvalue weighted by Crippen LogP contribution is -2.05. The molecular formula is C12H10ClN3O2S. The molecule has 0 amide bonds. The Morgan fingerprint density at radius 3 is 2.95 bits per heavy atom. The van der Waals surface area contributed by atoms with Crippen LogP contribution >= 0.6 is 23.4 Å². The number of hydrogen-bond donors (Lipinski definition) is 1. The van der Waals surface area contributed by atoms with E-state index in [1.54, 1.807) is 18.3 Å². The average molecular weight is 296 g/mol. The summed E-state index contributed by atoms with van der Waals surface area (Å²) >= 11 is 7.26. The Hall–Kier alpha value is -1.79. The normalized spacial score (nSPS) is 10.2. The number of aromatic nitrogens is 2. The van der Waals surface area contributed by atoms with Gasteiger partial charge in [0.2, 0.25) is 0 Å². The van der Waals surface area contributed by atoms with Gasteiger partial charge in [0.15, 0.2) is 0 Å². The molecule has 98 valence electrons. The van der Waals surface area contributed by atoms with Crippen LogP contribution in [0.25, 0.3) is 0 Å². The van der Waals surface area contributed by atoms with Gasteiger partial charge in [0.25, 0.3) is 0 Å². The minimum absolute atomic E-state index is 0.247. The Morgan fingerprint density at radius 1 is 1.47 bits per heavy atom. The topological polar surface area (TPSA) is 78.1 Å². The van der Waals surface area contributed by atoms with Crippen LogP contribution < -0.4 is 5.73 Å². The van der Waals surface area contributed by atoms with Gasteiger partial charge in [0, 0.05) is 17.3 Å². The van der Waals surface area contributed by atoms with Crippen LogP contribution in [0.2, 0.25) is 5.02 Å². The second kappa shape index (κ2) is 5.90. The molecule has 0 aliphatic carbocycles. The summed E-state index contributed by atoms with van der Waals surface area (Å²) in [6.45, 7) is 0. The van der Waals surface area contributed by atoms with Gasteiger partial charge in [0.1, 0.15) is 10.8 Å². The molecule has 2 heterocycles. The standard InChI is InChI=1S/C12H10ClN3O2S/c1-18-12(17)7-5-10(14)16-6-9(7)19-11-8(13)3-2-4-15-11/h2-6H,1H3,(H2,14,16). The van der Waals surface area contributed by atoms with Crippen molar-refractivity contribution in [2.75, 3.05) is 12.8 Å². The summed E-state index contributed by atoms with van der Waals surface area (Å²) in [6.07, 6.45) is 3.12. The number of methoxy groups -OCH3 is 1. The van der Waals surface area contributed by atoms with Crippen molar-refractivity contribution in [2.24, 2.45) is 0 Å². The van der Waals surface area contributed by atoms with Crippen molar-refractivity contribution in [3.05, 3.63) is 41.2 Å². The van der Waals surface area contributed by atoms with Crippen molar-refractivity contribution >= 4 is 35.1 Å². The van der Waals surface area contributed by atoms with Gasteiger partial charge in [-0.2, -0.15) is 0 Å². The van der Waals surface area contributed by atoms with Crippen molar-refractivity contribution in [1.29, 1.82) is 0 Å². The SMILES string of the molecule is COC(=O)c1cc(N)ncc1Sc1ncccc1Cl. The van der Waals surface area contributed by atoms with E-state index in [9.17, 15) is 4.79 Å². The molecule has 0 aliphatic rings. The summed E-state index contributed by atoms with van der Waals surface area (Å²) in [4.78, 5) is 20.4. The largest absolute Gasteiger partial charge is 0.465 e. The van der Waals surface area contributed by atoms with Gasteiger partial charge in [-0.25, -0.2) is 14.8 Å². The van der Waals surface area contributed by atoms with Crippen molar-refractivity contribution in [3.63, 3.8) is 0 Å². The van der Waals surface area contributed by atoms with Crippen molar-refractivity contribution < 1.29 is 9.53 Å². The number of pyridine rings is 2. The number of nitrogens with two attached hydrogens (primary N) is 1. The Labute approximate surface area is 119 Å². The maximum atomic E-state index is 11.7. The molecule has 0 saturated heterocycles. The first-order valence-corrected chi connectivity index (χ1v) is 6.43. The van der Waals surface area contributed by atoms with E-state index in [0.29, 0.717) is 20.5 Å². The highest BCUT2D eigenvalue weighted by Crippen LogP contribution is 2.33. The lowest BCUT2D eigenvalue weighted by molar-refractivity contribution is 0.0596. The zero-order valence-corrected chi connectivity index (χ0v) is 11.5. The fourth-order valence-electron chi connectivity index (χ4n) is 1.36. The molecule has 2 aromatic rings. The average Bonchev–Trinajstić information content (AvgIpc) is 2.42. The maximum absolute atomic E-state index is 11.7. The summed E-state index contributed by atoms with van der Waals surface area (Å²) in [5.41, 5.74) is 5.91. The number of ether oxygens (including phenoxy) is 1. The quantitative estimate of drug-likeness (QED) is 0.877. The predicted molar refractivity (Wildman–Crippen MR) is 73.4 cm³/mol. The smallest absolute Gasteiger partial charge is 0.339 e. The predicted octanol–water partition coefficient (Wildman–Crippen LogP) is 2.65. The van der Waals surface area contributed by atoms with Crippen LogP contribution in [-0.2, 0) is 4.74 Å². The Kier molecular flexibility index (Phi) is 4.24. The molecule has 5 nitrogen and oxygen atoms in total. The van der Waals surface area contributed by atoms with Crippen molar-refractivity contribution in [1.82, 2.24) is 9.97 Å². The molecule has 0 spiro atoms. The third kappa shape index (κ3) is 3.15. The van der Waals surface area contributed by atoms with Gasteiger partial charge in [-0.3, -0.25) is 0 Å². The first kappa shape index (κ1) is 13.6. The molecule has 0 unspecified atom stereocenters. The first-order chi connectivity index (χ1) is 9.11. The fraction of sp³-hybridized carbons (Fsp3) is 0.0833. The molecule has 7 heteroatoms. The number of halogens is 1. The lowest BCUT2D eigenvalue weighted by Gasteiger charge is -2.08. The number of anilines is 1. The van der Waals surface area contributed by atoms with Crippen molar-refractivity contribution in [2.45, 2.75) is 9.92 Å². The number of nitrogen functional groups attached to an aromatic ring is 1. The number of hydrogen-bond acceptors (Lipinski definition) is 6. The molecule has 2 N–H and O–H groups in total. The van der Waals surface area contributed by atoms with Crippen LogP contribution in [0, 0.1) is 0 Å². The van der Waals surface area contributed by atoms with E-state index < -0.39 is 5.97 Å². The summed E-state index contributed by atoms with van der Waals surface area (Å²) < 4.78 is 4.71. The Morgan fingerprint density at radius 2 is 2.26 bits per heavy atom. The van der Waals surface area contributed by atoms with E-state index in [1.165, 1.54) is 31.1 Å². The molecule has 2 rings (SSSR count). The van der Waals surface area contributed by atoms with Crippen LogP contribution in [0.1, 0.15) is 10.4 Å². The molecule has 0 atom stereocenters. The van der Waals surface area contributed by atoms with Crippen molar-refractivity contribution in [3.8, 4) is 0 Å². The molecule has 2 aromatic heterocycles. The van der Waals surface area contributed by atoms with Gasteiger partial charge < -0.3 is 10.5 Å². The first-order valence-electron chi connectivity index (χ1n) is 5.24. The van der Waals surface area contributed by atoms with Gasteiger partial charge in [-0.05, 0) is 18.2 Å². The Bertz CT molecular complexity index is 622. The van der Waals surface area contributed by atoms with Gasteiger partial charge in [-0.1, -0.05) is 23.4 Å². The number of esters is 1. The maximum Gasteiger partial charge on any atom is 0.339 e. The van der Waals surface area contributed by atoms with E-state index >= 15 is 0 Å². The van der Waals surface area contributed by atoms with E-state index in [4.69, 9.17) is 22.1 Å². The number of carbonyl (C=O) groups is 1. The van der Waals surface area contributed by atoms with Crippen LogP contribution in [0.15, 0.2) is 40.5 Å². The second-order valence-electron chi connectivity index (χ2n) is 3.49. The summed E-state index contributed by atoms with van der Waals surface area (Å²) in [5.74, 6) is -0.236. The lowest BCUT2D eigenvalue weighted by atomic mass is 10.2. The Balaban J connectivity index is 2.40. The minimum Gasteiger partial charge on any atom is -0.465 e. The minimum atomic E-state index is -0.483. The fourth-order valence-corrected chi connectivity index (χ4v) is 2.44. The highest BCUT2D eigenvalue weighted by atomic mass is 35.5. The van der Waals surface area contributed by atoms with Gasteiger partial charge in [-0.15, -0.1) is 0 Å².